The van der Waals surface area contributed by atoms with Gasteiger partial charge in [0.2, 0.25) is 0 Å². The second-order valence-corrected chi connectivity index (χ2v) is 7.98. The zero-order valence-electron chi connectivity index (χ0n) is 16.0. The highest BCUT2D eigenvalue weighted by molar-refractivity contribution is 6.31. The van der Waals surface area contributed by atoms with Crippen molar-refractivity contribution in [2.24, 2.45) is 5.73 Å². The second-order valence-electron chi connectivity index (χ2n) is 7.11. The number of guanidine groups is 1. The lowest BCUT2D eigenvalue weighted by Gasteiger charge is -2.36. The van der Waals surface area contributed by atoms with Gasteiger partial charge >= 0.3 is 0 Å². The Morgan fingerprint density at radius 1 is 1.23 bits per heavy atom. The Morgan fingerprint density at radius 2 is 2.00 bits per heavy atom. The smallest absolute Gasteiger partial charge is 0.254 e. The fourth-order valence-electron chi connectivity index (χ4n) is 4.01. The van der Waals surface area contributed by atoms with Crippen LogP contribution in [0, 0.1) is 5.41 Å². The molecule has 0 spiro atoms. The van der Waals surface area contributed by atoms with Gasteiger partial charge in [0.25, 0.3) is 5.91 Å². The number of aromatic nitrogens is 1. The maximum atomic E-state index is 13.3. The third-order valence-corrected chi connectivity index (χ3v) is 5.75. The number of aromatic amines is 1. The van der Waals surface area contributed by atoms with E-state index in [1.807, 2.05) is 23.1 Å². The van der Waals surface area contributed by atoms with Crippen molar-refractivity contribution in [3.05, 3.63) is 69.3 Å². The average Bonchev–Trinajstić information content (AvgIpc) is 3.05. The molecule has 158 valence electrons. The minimum atomic E-state index is -0.178. The quantitative estimate of drug-likeness (QED) is 0.336. The molecule has 0 saturated carbocycles. The highest BCUT2D eigenvalue weighted by atomic mass is 35.5. The number of halogens is 3. The van der Waals surface area contributed by atoms with Crippen LogP contribution in [-0.4, -0.2) is 34.8 Å². The molecular weight excluding hydrogens is 445 g/mol. The maximum Gasteiger partial charge on any atom is 0.254 e. The Balaban J connectivity index is 0.00000256. The Morgan fingerprint density at radius 3 is 2.73 bits per heavy atom. The number of rotatable bonds is 4. The van der Waals surface area contributed by atoms with E-state index in [1.54, 1.807) is 24.3 Å². The predicted octanol–water partition coefficient (Wildman–Crippen LogP) is 4.51. The Kier molecular flexibility index (Phi) is 6.81. The summed E-state index contributed by atoms with van der Waals surface area (Å²) in [6.07, 6.45) is 1.35. The van der Waals surface area contributed by atoms with E-state index in [-0.39, 0.29) is 30.3 Å². The van der Waals surface area contributed by atoms with Crippen LogP contribution in [0.2, 0.25) is 10.0 Å². The van der Waals surface area contributed by atoms with Gasteiger partial charge in [-0.3, -0.25) is 10.2 Å². The van der Waals surface area contributed by atoms with Crippen molar-refractivity contribution in [3.63, 3.8) is 0 Å². The second kappa shape index (κ2) is 9.16. The van der Waals surface area contributed by atoms with Crippen molar-refractivity contribution >= 4 is 58.4 Å². The van der Waals surface area contributed by atoms with Gasteiger partial charge in [-0.25, -0.2) is 0 Å². The maximum absolute atomic E-state index is 13.3. The number of nitrogens with two attached hydrogens (primary N) is 1. The highest BCUT2D eigenvalue weighted by Crippen LogP contribution is 2.37. The van der Waals surface area contributed by atoms with Crippen LogP contribution in [0.15, 0.2) is 42.5 Å². The van der Waals surface area contributed by atoms with E-state index >= 15 is 0 Å². The number of benzene rings is 2. The molecule has 5 N–H and O–H groups in total. The molecule has 0 aliphatic carbocycles. The molecule has 0 saturated heterocycles. The Bertz CT molecular complexity index is 1100. The molecule has 4 rings (SSSR count). The van der Waals surface area contributed by atoms with Gasteiger partial charge in [-0.2, -0.15) is 0 Å². The topological polar surface area (TPSA) is 98.0 Å². The molecule has 2 heterocycles. The molecule has 0 fully saturated rings. The third kappa shape index (κ3) is 4.36. The molecule has 0 radical (unpaired) electrons. The molecule has 1 unspecified atom stereocenters. The summed E-state index contributed by atoms with van der Waals surface area (Å²) in [5.41, 5.74) is 9.19. The number of carbonyl (C=O) groups is 1. The number of nitrogens with zero attached hydrogens (tertiary/aromatic N) is 1. The van der Waals surface area contributed by atoms with Gasteiger partial charge in [-0.15, -0.1) is 12.4 Å². The molecule has 9 heteroatoms. The molecule has 1 aromatic heterocycles. The first-order valence-electron chi connectivity index (χ1n) is 9.38. The lowest BCUT2D eigenvalue weighted by molar-refractivity contribution is 0.0648. The van der Waals surface area contributed by atoms with Gasteiger partial charge in [0, 0.05) is 45.3 Å². The molecule has 1 aliphatic heterocycles. The summed E-state index contributed by atoms with van der Waals surface area (Å²) in [6.45, 7) is 1.07. The van der Waals surface area contributed by atoms with Gasteiger partial charge in [0.15, 0.2) is 5.96 Å². The predicted molar refractivity (Wildman–Crippen MR) is 124 cm³/mol. The number of nitrogens with one attached hydrogen (secondary N) is 3. The summed E-state index contributed by atoms with van der Waals surface area (Å²) in [5, 5.41) is 12.6. The first-order chi connectivity index (χ1) is 13.9. The standard InChI is InChI=1S/C21H21Cl2N5O.ClH/c22-13-3-1-2-12(10-13)20(29)28-9-7-15-16-11-14(23)4-5-17(16)27-19(15)18(28)6-8-26-21(24)25;/h1-5,10-11,18,27H,6-9H2,(H4,24,25,26);1H. The van der Waals surface area contributed by atoms with Crippen LogP contribution in [0.5, 0.6) is 0 Å². The van der Waals surface area contributed by atoms with E-state index in [0.717, 1.165) is 23.0 Å². The summed E-state index contributed by atoms with van der Waals surface area (Å²) >= 11 is 12.3. The summed E-state index contributed by atoms with van der Waals surface area (Å²) in [5.74, 6) is -0.153. The number of fused-ring (bicyclic) bond motifs is 3. The first-order valence-corrected chi connectivity index (χ1v) is 10.1. The Labute approximate surface area is 190 Å². The van der Waals surface area contributed by atoms with Crippen LogP contribution in [-0.2, 0) is 6.42 Å². The van der Waals surface area contributed by atoms with Crippen LogP contribution < -0.4 is 11.1 Å². The van der Waals surface area contributed by atoms with Crippen molar-refractivity contribution in [3.8, 4) is 0 Å². The van der Waals surface area contributed by atoms with Crippen LogP contribution in [0.4, 0.5) is 0 Å². The van der Waals surface area contributed by atoms with Gasteiger partial charge in [0.1, 0.15) is 0 Å². The largest absolute Gasteiger partial charge is 0.370 e. The van der Waals surface area contributed by atoms with Crippen molar-refractivity contribution < 1.29 is 4.79 Å². The normalized spacial score (nSPS) is 15.4. The van der Waals surface area contributed by atoms with E-state index in [9.17, 15) is 4.79 Å². The molecule has 3 aromatic rings. The van der Waals surface area contributed by atoms with Gasteiger partial charge in [0.05, 0.1) is 6.04 Å². The van der Waals surface area contributed by atoms with E-state index < -0.39 is 0 Å². The number of hydrogen-bond acceptors (Lipinski definition) is 2. The fraction of sp³-hybridized carbons (Fsp3) is 0.238. The van der Waals surface area contributed by atoms with E-state index in [2.05, 4.69) is 10.3 Å². The molecule has 2 aromatic carbocycles. The molecule has 30 heavy (non-hydrogen) atoms. The summed E-state index contributed by atoms with van der Waals surface area (Å²) in [7, 11) is 0. The van der Waals surface area contributed by atoms with Crippen LogP contribution >= 0.6 is 35.6 Å². The van der Waals surface area contributed by atoms with Gasteiger partial charge in [-0.05, 0) is 54.8 Å². The van der Waals surface area contributed by atoms with Gasteiger partial charge in [-0.1, -0.05) is 29.3 Å². The first kappa shape index (κ1) is 22.3. The molecular formula is C21H22Cl3N5O. The molecule has 6 nitrogen and oxygen atoms in total. The number of amides is 1. The summed E-state index contributed by atoms with van der Waals surface area (Å²) in [6, 6.07) is 12.6. The lowest BCUT2D eigenvalue weighted by atomic mass is 9.94. The van der Waals surface area contributed by atoms with E-state index in [4.69, 9.17) is 34.3 Å². The van der Waals surface area contributed by atoms with Crippen molar-refractivity contribution in [1.82, 2.24) is 15.2 Å². The monoisotopic (exact) mass is 465 g/mol. The zero-order valence-corrected chi connectivity index (χ0v) is 18.4. The summed E-state index contributed by atoms with van der Waals surface area (Å²) in [4.78, 5) is 18.6. The SMILES string of the molecule is Cl.N=C(N)NCCC1c2[nH]c3ccc(Cl)cc3c2CCN1C(=O)c1cccc(Cl)c1. The highest BCUT2D eigenvalue weighted by Gasteiger charge is 2.33. The number of carbonyl (C=O) groups excluding carboxylic acids is 1. The average molecular weight is 467 g/mol. The third-order valence-electron chi connectivity index (χ3n) is 5.28. The molecule has 1 aliphatic rings. The fourth-order valence-corrected chi connectivity index (χ4v) is 4.37. The van der Waals surface area contributed by atoms with Crippen LogP contribution in [0.3, 0.4) is 0 Å². The summed E-state index contributed by atoms with van der Waals surface area (Å²) < 4.78 is 0. The van der Waals surface area contributed by atoms with Gasteiger partial charge < -0.3 is 20.9 Å². The molecule has 1 amide bonds. The van der Waals surface area contributed by atoms with E-state index in [0.29, 0.717) is 35.1 Å². The minimum absolute atomic E-state index is 0. The molecule has 0 bridgehead atoms. The number of H-pyrrole nitrogens is 1. The van der Waals surface area contributed by atoms with Crippen molar-refractivity contribution in [2.75, 3.05) is 13.1 Å². The minimum Gasteiger partial charge on any atom is -0.370 e. The van der Waals surface area contributed by atoms with Crippen molar-refractivity contribution in [1.29, 1.82) is 5.41 Å². The number of hydrogen-bond donors (Lipinski definition) is 4. The lowest BCUT2D eigenvalue weighted by Crippen LogP contribution is -2.42. The van der Waals surface area contributed by atoms with E-state index in [1.165, 1.54) is 5.56 Å². The van der Waals surface area contributed by atoms with Crippen LogP contribution in [0.1, 0.15) is 34.1 Å². The van der Waals surface area contributed by atoms with Crippen molar-refractivity contribution in [2.45, 2.75) is 18.9 Å². The molecule has 1 atom stereocenters. The zero-order chi connectivity index (χ0) is 20.5. The Hall–Kier alpha value is -2.41. The van der Waals surface area contributed by atoms with Crippen LogP contribution in [0.25, 0.3) is 10.9 Å².